The van der Waals surface area contributed by atoms with Crippen LogP contribution in [0.4, 0.5) is 0 Å². The van der Waals surface area contributed by atoms with Gasteiger partial charge in [0.25, 0.3) is 0 Å². The lowest BCUT2D eigenvalue weighted by Gasteiger charge is -2.06. The van der Waals surface area contributed by atoms with Crippen molar-refractivity contribution >= 4 is 45.4 Å². The number of thiazole rings is 1. The number of aromatic nitrogens is 1. The summed E-state index contributed by atoms with van der Waals surface area (Å²) in [7, 11) is 0. The molecule has 0 spiro atoms. The average molecular weight is 348 g/mol. The Bertz CT molecular complexity index is 943. The largest absolute Gasteiger partial charge is 0.425 e. The van der Waals surface area contributed by atoms with Crippen molar-refractivity contribution in [3.63, 3.8) is 0 Å². The third-order valence-corrected chi connectivity index (χ3v) is 4.42. The van der Waals surface area contributed by atoms with E-state index in [0.717, 1.165) is 11.3 Å². The lowest BCUT2D eigenvalue weighted by molar-refractivity contribution is -0.135. The van der Waals surface area contributed by atoms with Crippen molar-refractivity contribution < 1.29 is 14.3 Å². The van der Waals surface area contributed by atoms with Crippen molar-refractivity contribution in [2.75, 3.05) is 0 Å². The summed E-state index contributed by atoms with van der Waals surface area (Å²) in [5.41, 5.74) is 1.01. The molecule has 0 saturated carbocycles. The van der Waals surface area contributed by atoms with Crippen molar-refractivity contribution in [1.29, 1.82) is 0 Å². The number of fused-ring (bicyclic) bond motifs is 1. The molecule has 1 aromatic heterocycles. The number of nitrogens with zero attached hydrogens (tertiary/aromatic N) is 1. The quantitative estimate of drug-likeness (QED) is 0.413. The molecule has 3 aromatic rings. The Morgan fingerprint density at radius 1 is 1.22 bits per heavy atom. The lowest BCUT2D eigenvalue weighted by atomic mass is 10.2. The molecule has 116 valence electrons. The zero-order valence-corrected chi connectivity index (χ0v) is 13.3. The lowest BCUT2D eigenvalue weighted by Crippen LogP contribution is -2.22. The average Bonchev–Trinajstić information content (AvgIpc) is 2.85. The molecular formula is C16H10ClNO4S. The van der Waals surface area contributed by atoms with E-state index >= 15 is 0 Å². The summed E-state index contributed by atoms with van der Waals surface area (Å²) in [6.45, 7) is -0.238. The van der Waals surface area contributed by atoms with Crippen LogP contribution in [0, 0.1) is 0 Å². The summed E-state index contributed by atoms with van der Waals surface area (Å²) in [6, 6.07) is 11.3. The van der Waals surface area contributed by atoms with Gasteiger partial charge in [-0.1, -0.05) is 29.0 Å². The number of ether oxygens (including phenoxy) is 1. The highest BCUT2D eigenvalue weighted by molar-refractivity contribution is 7.16. The van der Waals surface area contributed by atoms with Crippen molar-refractivity contribution in [2.24, 2.45) is 0 Å². The molecular weight excluding hydrogens is 338 g/mol. The Balaban J connectivity index is 1.84. The van der Waals surface area contributed by atoms with Crippen LogP contribution in [0.15, 0.2) is 47.3 Å². The molecule has 0 amide bonds. The van der Waals surface area contributed by atoms with E-state index in [2.05, 4.69) is 0 Å². The number of carbonyl (C=O) groups excluding carboxylic acids is 2. The van der Waals surface area contributed by atoms with Gasteiger partial charge in [-0.05, 0) is 36.4 Å². The fourth-order valence-electron chi connectivity index (χ4n) is 2.13. The van der Waals surface area contributed by atoms with Crippen LogP contribution in [-0.2, 0) is 11.3 Å². The van der Waals surface area contributed by atoms with E-state index in [1.54, 1.807) is 30.3 Å². The molecule has 3 rings (SSSR count). The summed E-state index contributed by atoms with van der Waals surface area (Å²) in [5, 5.41) is 0.406. The molecule has 0 fully saturated rings. The Morgan fingerprint density at radius 3 is 2.65 bits per heavy atom. The topological polar surface area (TPSA) is 65.4 Å². The highest BCUT2D eigenvalue weighted by Gasteiger charge is 2.15. The molecule has 0 aliphatic rings. The summed E-state index contributed by atoms with van der Waals surface area (Å²) < 4.78 is 7.19. The third kappa shape index (κ3) is 3.18. The maximum atomic E-state index is 12.1. The summed E-state index contributed by atoms with van der Waals surface area (Å²) >= 11 is 7.14. The number of carbonyl (C=O) groups is 2. The summed E-state index contributed by atoms with van der Waals surface area (Å²) in [6.07, 6.45) is 0.699. The molecule has 0 radical (unpaired) electrons. The SMILES string of the molecule is O=Cc1ccc(OC(=O)Cn2c(=O)sc3cccc(Cl)c32)cc1. The van der Waals surface area contributed by atoms with Gasteiger partial charge < -0.3 is 4.74 Å². The molecule has 0 bridgehead atoms. The van der Waals surface area contributed by atoms with E-state index in [1.165, 1.54) is 16.7 Å². The molecule has 0 aliphatic heterocycles. The Kier molecular flexibility index (Phi) is 4.27. The first kappa shape index (κ1) is 15.5. The molecule has 0 unspecified atom stereocenters. The number of rotatable bonds is 4. The van der Waals surface area contributed by atoms with Crippen LogP contribution in [0.5, 0.6) is 5.75 Å². The van der Waals surface area contributed by atoms with Gasteiger partial charge in [0.15, 0.2) is 0 Å². The van der Waals surface area contributed by atoms with Crippen LogP contribution in [-0.4, -0.2) is 16.8 Å². The molecule has 2 aromatic carbocycles. The van der Waals surface area contributed by atoms with Crippen molar-refractivity contribution in [1.82, 2.24) is 4.57 Å². The Morgan fingerprint density at radius 2 is 1.96 bits per heavy atom. The van der Waals surface area contributed by atoms with Crippen LogP contribution < -0.4 is 9.61 Å². The maximum Gasteiger partial charge on any atom is 0.331 e. The van der Waals surface area contributed by atoms with Gasteiger partial charge in [0.2, 0.25) is 0 Å². The van der Waals surface area contributed by atoms with E-state index in [0.29, 0.717) is 32.8 Å². The predicted octanol–water partition coefficient (Wildman–Crippen LogP) is 3.13. The van der Waals surface area contributed by atoms with Gasteiger partial charge in [-0.3, -0.25) is 14.2 Å². The Hall–Kier alpha value is -2.44. The standard InChI is InChI=1S/C16H10ClNO4S/c17-12-2-1-3-13-15(12)18(16(21)23-13)8-14(20)22-11-6-4-10(9-19)5-7-11/h1-7,9H,8H2. The molecule has 0 N–H and O–H groups in total. The van der Waals surface area contributed by atoms with Gasteiger partial charge in [0.1, 0.15) is 18.6 Å². The number of hydrogen-bond acceptors (Lipinski definition) is 5. The first-order chi connectivity index (χ1) is 11.1. The van der Waals surface area contributed by atoms with Crippen LogP contribution in [0.25, 0.3) is 10.2 Å². The minimum absolute atomic E-state index is 0.238. The van der Waals surface area contributed by atoms with E-state index in [-0.39, 0.29) is 11.4 Å². The second kappa shape index (κ2) is 6.36. The van der Waals surface area contributed by atoms with Crippen molar-refractivity contribution in [3.8, 4) is 5.75 Å². The van der Waals surface area contributed by atoms with Crippen LogP contribution in [0.1, 0.15) is 10.4 Å². The number of benzene rings is 2. The van der Waals surface area contributed by atoms with Crippen LogP contribution >= 0.6 is 22.9 Å². The monoisotopic (exact) mass is 347 g/mol. The smallest absolute Gasteiger partial charge is 0.331 e. The second-order valence-corrected chi connectivity index (χ2v) is 6.10. The van der Waals surface area contributed by atoms with E-state index in [4.69, 9.17) is 16.3 Å². The molecule has 7 heteroatoms. The van der Waals surface area contributed by atoms with Gasteiger partial charge in [-0.2, -0.15) is 0 Å². The maximum absolute atomic E-state index is 12.1. The highest BCUT2D eigenvalue weighted by Crippen LogP contribution is 2.25. The van der Waals surface area contributed by atoms with Gasteiger partial charge in [0, 0.05) is 5.56 Å². The van der Waals surface area contributed by atoms with E-state index in [1.807, 2.05) is 0 Å². The Labute approximate surface area is 139 Å². The van der Waals surface area contributed by atoms with Gasteiger partial charge >= 0.3 is 10.8 Å². The molecule has 23 heavy (non-hydrogen) atoms. The van der Waals surface area contributed by atoms with Gasteiger partial charge in [-0.15, -0.1) is 0 Å². The minimum Gasteiger partial charge on any atom is -0.425 e. The van der Waals surface area contributed by atoms with E-state index < -0.39 is 5.97 Å². The summed E-state index contributed by atoms with van der Waals surface area (Å²) in [5.74, 6) is -0.287. The normalized spacial score (nSPS) is 10.7. The fourth-order valence-corrected chi connectivity index (χ4v) is 3.38. The zero-order valence-electron chi connectivity index (χ0n) is 11.7. The molecule has 1 heterocycles. The van der Waals surface area contributed by atoms with Crippen molar-refractivity contribution in [3.05, 3.63) is 62.7 Å². The third-order valence-electron chi connectivity index (χ3n) is 3.17. The fraction of sp³-hybridized carbons (Fsp3) is 0.0625. The number of halogens is 1. The van der Waals surface area contributed by atoms with Gasteiger partial charge in [0.05, 0.1) is 15.2 Å². The van der Waals surface area contributed by atoms with Gasteiger partial charge in [-0.25, -0.2) is 4.79 Å². The minimum atomic E-state index is -0.592. The summed E-state index contributed by atoms with van der Waals surface area (Å²) in [4.78, 5) is 34.4. The van der Waals surface area contributed by atoms with Crippen molar-refractivity contribution in [2.45, 2.75) is 6.54 Å². The van der Waals surface area contributed by atoms with Crippen LogP contribution in [0.3, 0.4) is 0 Å². The first-order valence-corrected chi connectivity index (χ1v) is 7.81. The molecule has 0 aliphatic carbocycles. The predicted molar refractivity (Wildman–Crippen MR) is 88.6 cm³/mol. The number of aldehydes is 1. The number of para-hydroxylation sites is 1. The van der Waals surface area contributed by atoms with Crippen LogP contribution in [0.2, 0.25) is 5.02 Å². The number of hydrogen-bond donors (Lipinski definition) is 0. The zero-order chi connectivity index (χ0) is 16.4. The molecule has 5 nitrogen and oxygen atoms in total. The first-order valence-electron chi connectivity index (χ1n) is 6.62. The second-order valence-electron chi connectivity index (χ2n) is 4.70. The number of esters is 1. The van der Waals surface area contributed by atoms with E-state index in [9.17, 15) is 14.4 Å². The highest BCUT2D eigenvalue weighted by atomic mass is 35.5. The molecule has 0 atom stereocenters. The molecule has 0 saturated heterocycles.